The number of rotatable bonds is 10. The number of methoxy groups -OCH3 is 2. The zero-order valence-corrected chi connectivity index (χ0v) is 15.5. The van der Waals surface area contributed by atoms with Crippen LogP contribution in [0, 0.1) is 5.92 Å². The van der Waals surface area contributed by atoms with Crippen LogP contribution in [0.15, 0.2) is 22.7 Å². The molecule has 2 N–H and O–H groups in total. The molecular weight excluding hydrogens is 320 g/mol. The van der Waals surface area contributed by atoms with Crippen molar-refractivity contribution in [2.45, 2.75) is 33.4 Å². The Morgan fingerprint density at radius 3 is 2.56 bits per heavy atom. The molecular formula is C18H28N4O3. The molecule has 0 saturated carbocycles. The predicted octanol–water partition coefficient (Wildman–Crippen LogP) is 2.25. The van der Waals surface area contributed by atoms with Crippen LogP contribution in [0.5, 0.6) is 11.5 Å². The zero-order chi connectivity index (χ0) is 18.2. The second kappa shape index (κ2) is 9.39. The van der Waals surface area contributed by atoms with Crippen LogP contribution in [0.4, 0.5) is 0 Å². The van der Waals surface area contributed by atoms with E-state index < -0.39 is 0 Å². The van der Waals surface area contributed by atoms with Crippen molar-refractivity contribution in [3.63, 3.8) is 0 Å². The summed E-state index contributed by atoms with van der Waals surface area (Å²) in [5.41, 5.74) is 6.72. The number of aromatic nitrogens is 2. The van der Waals surface area contributed by atoms with Crippen LogP contribution in [0.1, 0.15) is 31.1 Å². The molecule has 7 nitrogen and oxygen atoms in total. The lowest BCUT2D eigenvalue weighted by molar-refractivity contribution is 0.229. The summed E-state index contributed by atoms with van der Waals surface area (Å²) in [4.78, 5) is 6.63. The first-order valence-corrected chi connectivity index (χ1v) is 8.50. The molecule has 0 aliphatic rings. The molecule has 0 spiro atoms. The second-order valence-electron chi connectivity index (χ2n) is 6.38. The Bertz CT molecular complexity index is 658. The highest BCUT2D eigenvalue weighted by Gasteiger charge is 2.13. The van der Waals surface area contributed by atoms with E-state index in [9.17, 15) is 0 Å². The first kappa shape index (κ1) is 19.2. The molecule has 0 unspecified atom stereocenters. The van der Waals surface area contributed by atoms with Gasteiger partial charge in [0, 0.05) is 13.1 Å². The van der Waals surface area contributed by atoms with Gasteiger partial charge in [0.1, 0.15) is 0 Å². The van der Waals surface area contributed by atoms with Crippen LogP contribution in [0.25, 0.3) is 0 Å². The lowest BCUT2D eigenvalue weighted by Gasteiger charge is -2.23. The zero-order valence-electron chi connectivity index (χ0n) is 15.5. The number of nitrogens with zero attached hydrogens (tertiary/aromatic N) is 3. The van der Waals surface area contributed by atoms with Gasteiger partial charge in [-0.3, -0.25) is 4.90 Å². The molecule has 0 amide bonds. The van der Waals surface area contributed by atoms with E-state index in [0.717, 1.165) is 31.0 Å². The van der Waals surface area contributed by atoms with Crippen molar-refractivity contribution >= 4 is 0 Å². The normalized spacial score (nSPS) is 11.3. The van der Waals surface area contributed by atoms with Crippen molar-refractivity contribution in [3.8, 4) is 11.5 Å². The van der Waals surface area contributed by atoms with Gasteiger partial charge in [0.05, 0.1) is 27.3 Å². The summed E-state index contributed by atoms with van der Waals surface area (Å²) in [6, 6.07) is 6.02. The Hall–Kier alpha value is -2.12. The molecule has 0 aliphatic heterocycles. The third-order valence-corrected chi connectivity index (χ3v) is 3.84. The van der Waals surface area contributed by atoms with Gasteiger partial charge in [0.2, 0.25) is 5.89 Å². The van der Waals surface area contributed by atoms with Gasteiger partial charge >= 0.3 is 0 Å². The van der Waals surface area contributed by atoms with Crippen molar-refractivity contribution in [3.05, 3.63) is 35.5 Å². The van der Waals surface area contributed by atoms with E-state index in [0.29, 0.717) is 24.2 Å². The van der Waals surface area contributed by atoms with E-state index in [2.05, 4.69) is 35.0 Å². The van der Waals surface area contributed by atoms with E-state index in [1.165, 1.54) is 5.56 Å². The minimum atomic E-state index is 0.267. The summed E-state index contributed by atoms with van der Waals surface area (Å²) in [5, 5.41) is 3.99. The Morgan fingerprint density at radius 1 is 1.20 bits per heavy atom. The number of hydrogen-bond donors (Lipinski definition) is 1. The lowest BCUT2D eigenvalue weighted by Crippen LogP contribution is -2.30. The van der Waals surface area contributed by atoms with Crippen molar-refractivity contribution < 1.29 is 14.0 Å². The number of hydrogen-bond acceptors (Lipinski definition) is 7. The minimum Gasteiger partial charge on any atom is -0.493 e. The van der Waals surface area contributed by atoms with Crippen LogP contribution in [-0.4, -0.2) is 42.3 Å². The first-order valence-electron chi connectivity index (χ1n) is 8.50. The smallest absolute Gasteiger partial charge is 0.240 e. The third kappa shape index (κ3) is 5.72. The maximum Gasteiger partial charge on any atom is 0.240 e. The van der Waals surface area contributed by atoms with Crippen LogP contribution < -0.4 is 15.2 Å². The maximum atomic E-state index is 5.53. The summed E-state index contributed by atoms with van der Waals surface area (Å²) in [7, 11) is 3.29. The summed E-state index contributed by atoms with van der Waals surface area (Å²) in [6.45, 7) is 7.16. The van der Waals surface area contributed by atoms with Gasteiger partial charge in [-0.25, -0.2) is 0 Å². The van der Waals surface area contributed by atoms with E-state index in [-0.39, 0.29) is 6.54 Å². The highest BCUT2D eigenvalue weighted by molar-refractivity contribution is 5.42. The average molecular weight is 348 g/mol. The fraction of sp³-hybridized carbons (Fsp3) is 0.556. The number of nitrogens with two attached hydrogens (primary N) is 1. The topological polar surface area (TPSA) is 86.6 Å². The lowest BCUT2D eigenvalue weighted by atomic mass is 10.1. The Kier molecular flexibility index (Phi) is 7.21. The fourth-order valence-corrected chi connectivity index (χ4v) is 2.71. The Labute approximate surface area is 149 Å². The highest BCUT2D eigenvalue weighted by Crippen LogP contribution is 2.27. The Balaban J connectivity index is 2.01. The third-order valence-electron chi connectivity index (χ3n) is 3.84. The van der Waals surface area contributed by atoms with Gasteiger partial charge in [-0.15, -0.1) is 0 Å². The van der Waals surface area contributed by atoms with Crippen molar-refractivity contribution in [2.75, 3.05) is 27.3 Å². The predicted molar refractivity (Wildman–Crippen MR) is 95.6 cm³/mol. The molecule has 7 heteroatoms. The standard InChI is InChI=1S/C18H28N4O3/c1-13(2)11-22(12-17-20-18(10-19)25-21-17)8-7-14-5-6-15(23-3)16(9-14)24-4/h5-6,9,13H,7-8,10-12,19H2,1-4H3. The van der Waals surface area contributed by atoms with Gasteiger partial charge in [0.25, 0.3) is 0 Å². The van der Waals surface area contributed by atoms with E-state index in [4.69, 9.17) is 19.7 Å². The monoisotopic (exact) mass is 348 g/mol. The SMILES string of the molecule is COc1ccc(CCN(Cc2noc(CN)n2)CC(C)C)cc1OC. The fourth-order valence-electron chi connectivity index (χ4n) is 2.71. The summed E-state index contributed by atoms with van der Waals surface area (Å²) in [5.74, 6) is 3.19. The minimum absolute atomic E-state index is 0.267. The molecule has 1 aromatic heterocycles. The summed E-state index contributed by atoms with van der Waals surface area (Å²) >= 11 is 0. The van der Waals surface area contributed by atoms with Crippen LogP contribution in [0.2, 0.25) is 0 Å². The molecule has 0 radical (unpaired) electrons. The van der Waals surface area contributed by atoms with Crippen molar-refractivity contribution in [2.24, 2.45) is 11.7 Å². The van der Waals surface area contributed by atoms with E-state index in [1.807, 2.05) is 12.1 Å². The quantitative estimate of drug-likeness (QED) is 0.704. The summed E-state index contributed by atoms with van der Waals surface area (Å²) in [6.07, 6.45) is 0.897. The largest absolute Gasteiger partial charge is 0.493 e. The van der Waals surface area contributed by atoms with Gasteiger partial charge in [-0.2, -0.15) is 4.98 Å². The maximum absolute atomic E-state index is 5.53. The van der Waals surface area contributed by atoms with Gasteiger partial charge in [-0.1, -0.05) is 25.1 Å². The van der Waals surface area contributed by atoms with Crippen LogP contribution in [0.3, 0.4) is 0 Å². The van der Waals surface area contributed by atoms with E-state index in [1.54, 1.807) is 14.2 Å². The van der Waals surface area contributed by atoms with Crippen LogP contribution >= 0.6 is 0 Å². The van der Waals surface area contributed by atoms with Gasteiger partial charge < -0.3 is 19.7 Å². The van der Waals surface area contributed by atoms with Crippen molar-refractivity contribution in [1.82, 2.24) is 15.0 Å². The molecule has 1 heterocycles. The van der Waals surface area contributed by atoms with Gasteiger partial charge in [-0.05, 0) is 30.0 Å². The molecule has 2 rings (SSSR count). The molecule has 25 heavy (non-hydrogen) atoms. The molecule has 1 aromatic carbocycles. The second-order valence-corrected chi connectivity index (χ2v) is 6.38. The first-order chi connectivity index (χ1) is 12.0. The molecule has 0 saturated heterocycles. The van der Waals surface area contributed by atoms with Crippen LogP contribution in [-0.2, 0) is 19.5 Å². The highest BCUT2D eigenvalue weighted by atomic mass is 16.5. The number of benzene rings is 1. The van der Waals surface area contributed by atoms with Crippen molar-refractivity contribution in [1.29, 1.82) is 0 Å². The molecule has 138 valence electrons. The molecule has 0 atom stereocenters. The molecule has 2 aromatic rings. The molecule has 0 fully saturated rings. The average Bonchev–Trinajstić information content (AvgIpc) is 3.06. The van der Waals surface area contributed by atoms with Gasteiger partial charge in [0.15, 0.2) is 17.3 Å². The number of ether oxygens (including phenoxy) is 2. The Morgan fingerprint density at radius 2 is 1.96 bits per heavy atom. The molecule has 0 bridgehead atoms. The molecule has 0 aliphatic carbocycles. The summed E-state index contributed by atoms with van der Waals surface area (Å²) < 4.78 is 15.8. The van der Waals surface area contributed by atoms with E-state index >= 15 is 0 Å².